The maximum absolute atomic E-state index is 2.59. The van der Waals surface area contributed by atoms with Gasteiger partial charge in [0.05, 0.1) is 16.8 Å². The van der Waals surface area contributed by atoms with Crippen LogP contribution in [-0.4, -0.2) is 0 Å². The molecule has 1 saturated carbocycles. The van der Waals surface area contributed by atoms with E-state index in [1.165, 1.54) is 119 Å². The molecule has 0 radical (unpaired) electrons. The van der Waals surface area contributed by atoms with Crippen LogP contribution in [0, 0.1) is 0 Å². The Kier molecular flexibility index (Phi) is 8.75. The normalized spacial score (nSPS) is 14.6. The summed E-state index contributed by atoms with van der Waals surface area (Å²) in [6, 6.07) is 77.8. The molecule has 0 atom stereocenters. The third-order valence-electron chi connectivity index (χ3n) is 13.7. The molecule has 1 heterocycles. The molecule has 0 bridgehead atoms. The highest BCUT2D eigenvalue weighted by Gasteiger charge is 2.47. The van der Waals surface area contributed by atoms with Crippen molar-refractivity contribution in [1.82, 2.24) is 0 Å². The second-order valence-corrected chi connectivity index (χ2v) is 18.1. The average molecular weight is 800 g/mol. The van der Waals surface area contributed by atoms with Crippen molar-refractivity contribution in [2.75, 3.05) is 4.90 Å². The van der Waals surface area contributed by atoms with Crippen molar-refractivity contribution in [3.63, 3.8) is 0 Å². The van der Waals surface area contributed by atoms with Crippen LogP contribution in [0.25, 0.3) is 53.2 Å². The van der Waals surface area contributed by atoms with Crippen LogP contribution >= 0.6 is 11.3 Å². The lowest BCUT2D eigenvalue weighted by Crippen LogP contribution is -2.29. The molecule has 0 unspecified atom stereocenters. The molecule has 2 heteroatoms. The fourth-order valence-corrected chi connectivity index (χ4v) is 12.2. The van der Waals surface area contributed by atoms with Crippen LogP contribution in [0.3, 0.4) is 0 Å². The van der Waals surface area contributed by atoms with E-state index in [0.29, 0.717) is 5.92 Å². The molecule has 10 aromatic rings. The van der Waals surface area contributed by atoms with Crippen molar-refractivity contribution in [3.05, 3.63) is 234 Å². The van der Waals surface area contributed by atoms with Gasteiger partial charge >= 0.3 is 0 Å². The van der Waals surface area contributed by atoms with E-state index in [0.717, 1.165) is 11.4 Å². The van der Waals surface area contributed by atoms with E-state index in [1.807, 2.05) is 11.3 Å². The van der Waals surface area contributed by atoms with Gasteiger partial charge in [-0.05, 0) is 117 Å². The Morgan fingerprint density at radius 3 is 1.85 bits per heavy atom. The monoisotopic (exact) mass is 799 g/mol. The number of hydrogen-bond acceptors (Lipinski definition) is 2. The molecular weight excluding hydrogens is 755 g/mol. The molecule has 61 heavy (non-hydrogen) atoms. The predicted octanol–water partition coefficient (Wildman–Crippen LogP) is 16.8. The molecule has 0 spiro atoms. The van der Waals surface area contributed by atoms with E-state index < -0.39 is 5.41 Å². The number of thiophene rings is 1. The van der Waals surface area contributed by atoms with Crippen LogP contribution < -0.4 is 4.90 Å². The van der Waals surface area contributed by atoms with Crippen LogP contribution in [0.1, 0.15) is 65.8 Å². The van der Waals surface area contributed by atoms with Gasteiger partial charge in [0.25, 0.3) is 0 Å². The van der Waals surface area contributed by atoms with Crippen LogP contribution in [0.2, 0.25) is 0 Å². The van der Waals surface area contributed by atoms with Crippen LogP contribution in [-0.2, 0) is 5.41 Å². The molecule has 2 aliphatic rings. The summed E-state index contributed by atoms with van der Waals surface area (Å²) in [6.07, 6.45) is 6.45. The molecule has 9 aromatic carbocycles. The molecule has 0 aliphatic heterocycles. The van der Waals surface area contributed by atoms with E-state index >= 15 is 0 Å². The fourth-order valence-electron chi connectivity index (χ4n) is 11.1. The van der Waals surface area contributed by atoms with Gasteiger partial charge in [0.2, 0.25) is 0 Å². The summed E-state index contributed by atoms with van der Waals surface area (Å²) < 4.78 is 2.60. The van der Waals surface area contributed by atoms with Gasteiger partial charge < -0.3 is 4.90 Å². The van der Waals surface area contributed by atoms with Crippen molar-refractivity contribution in [3.8, 4) is 22.3 Å². The summed E-state index contributed by atoms with van der Waals surface area (Å²) in [4.78, 5) is 2.59. The van der Waals surface area contributed by atoms with Gasteiger partial charge in [-0.1, -0.05) is 183 Å². The Labute approximate surface area is 362 Å². The number of fused-ring (bicyclic) bond motifs is 7. The number of nitrogens with zero attached hydrogens (tertiary/aromatic N) is 1. The minimum Gasteiger partial charge on any atom is -0.309 e. The van der Waals surface area contributed by atoms with E-state index in [-0.39, 0.29) is 0 Å². The SMILES string of the molecule is c1ccc(-c2cc3ccccc3cc2N(c2ccc3c(c2)C(c2ccccc2)(c2ccccc2)c2cccc(C4CCCCC4)c2-3)c2cccc3sc4ccccc4c23)cc1. The van der Waals surface area contributed by atoms with E-state index in [4.69, 9.17) is 0 Å². The standard InChI is InChI=1S/C59H45NS/c1-5-19-40(20-6-1)47-30-17-31-51-57(47)48-36-35-46(39-52(48)59(51,44-25-9-3-10-26-44)45-27-11-4-12-28-45)60(53-32-18-34-56-58(53)49-29-15-16-33-55(49)61-56)54-38-43-24-14-13-23-42(43)37-50(54)41-21-7-2-8-22-41/h2-4,7-18,21-40H,1,5-6,19-20H2. The minimum atomic E-state index is -0.522. The summed E-state index contributed by atoms with van der Waals surface area (Å²) in [5.41, 5.74) is 15.0. The second kappa shape index (κ2) is 14.8. The predicted molar refractivity (Wildman–Crippen MR) is 260 cm³/mol. The van der Waals surface area contributed by atoms with Gasteiger partial charge in [-0.15, -0.1) is 11.3 Å². The van der Waals surface area contributed by atoms with Gasteiger partial charge in [-0.2, -0.15) is 0 Å². The topological polar surface area (TPSA) is 3.24 Å². The largest absolute Gasteiger partial charge is 0.309 e. The highest BCUT2D eigenvalue weighted by molar-refractivity contribution is 7.26. The zero-order chi connectivity index (χ0) is 40.3. The lowest BCUT2D eigenvalue weighted by Gasteiger charge is -2.35. The molecular formula is C59H45NS. The lowest BCUT2D eigenvalue weighted by atomic mass is 9.67. The number of benzene rings is 9. The third-order valence-corrected chi connectivity index (χ3v) is 14.8. The van der Waals surface area contributed by atoms with E-state index in [1.54, 1.807) is 0 Å². The summed E-state index contributed by atoms with van der Waals surface area (Å²) in [7, 11) is 0. The lowest BCUT2D eigenvalue weighted by molar-refractivity contribution is 0.444. The van der Waals surface area contributed by atoms with Crippen LogP contribution in [0.15, 0.2) is 206 Å². The first-order valence-electron chi connectivity index (χ1n) is 22.0. The Balaban J connectivity index is 1.21. The summed E-state index contributed by atoms with van der Waals surface area (Å²) in [5.74, 6) is 0.561. The fraction of sp³-hybridized carbons (Fsp3) is 0.119. The minimum absolute atomic E-state index is 0.522. The molecule has 12 rings (SSSR count). The number of hydrogen-bond donors (Lipinski definition) is 0. The maximum atomic E-state index is 2.59. The van der Waals surface area contributed by atoms with Gasteiger partial charge in [0.15, 0.2) is 0 Å². The van der Waals surface area contributed by atoms with E-state index in [9.17, 15) is 0 Å². The summed E-state index contributed by atoms with van der Waals surface area (Å²) in [6.45, 7) is 0. The maximum Gasteiger partial charge on any atom is 0.0714 e. The molecule has 1 fully saturated rings. The van der Waals surface area contributed by atoms with Gasteiger partial charge in [-0.3, -0.25) is 0 Å². The Morgan fingerprint density at radius 1 is 0.459 bits per heavy atom. The zero-order valence-electron chi connectivity index (χ0n) is 34.1. The number of anilines is 3. The van der Waals surface area contributed by atoms with Gasteiger partial charge in [0.1, 0.15) is 0 Å². The van der Waals surface area contributed by atoms with Crippen LogP contribution in [0.4, 0.5) is 17.1 Å². The summed E-state index contributed by atoms with van der Waals surface area (Å²) >= 11 is 1.88. The molecule has 0 N–H and O–H groups in total. The van der Waals surface area contributed by atoms with E-state index in [2.05, 4.69) is 211 Å². The molecule has 292 valence electrons. The second-order valence-electron chi connectivity index (χ2n) is 17.0. The molecule has 2 aliphatic carbocycles. The Bertz CT molecular complexity index is 3190. The first-order chi connectivity index (χ1) is 30.3. The van der Waals surface area contributed by atoms with Crippen molar-refractivity contribution in [2.24, 2.45) is 0 Å². The third kappa shape index (κ3) is 5.73. The first kappa shape index (κ1) is 36.1. The first-order valence-corrected chi connectivity index (χ1v) is 22.8. The average Bonchev–Trinajstić information content (AvgIpc) is 3.87. The Hall–Kier alpha value is -6.74. The van der Waals surface area contributed by atoms with Crippen molar-refractivity contribution in [2.45, 2.75) is 43.4 Å². The quantitative estimate of drug-likeness (QED) is 0.155. The smallest absolute Gasteiger partial charge is 0.0714 e. The summed E-state index contributed by atoms with van der Waals surface area (Å²) in [5, 5.41) is 5.03. The van der Waals surface area contributed by atoms with Crippen molar-refractivity contribution in [1.29, 1.82) is 0 Å². The number of rotatable bonds is 7. The molecule has 0 amide bonds. The molecule has 1 aromatic heterocycles. The van der Waals surface area contributed by atoms with Crippen molar-refractivity contribution >= 4 is 59.3 Å². The van der Waals surface area contributed by atoms with Crippen molar-refractivity contribution < 1.29 is 0 Å². The highest BCUT2D eigenvalue weighted by Crippen LogP contribution is 2.60. The van der Waals surface area contributed by atoms with Crippen LogP contribution in [0.5, 0.6) is 0 Å². The Morgan fingerprint density at radius 2 is 1.10 bits per heavy atom. The molecule has 1 nitrogen and oxygen atoms in total. The molecule has 0 saturated heterocycles. The van der Waals surface area contributed by atoms with Gasteiger partial charge in [-0.25, -0.2) is 0 Å². The van der Waals surface area contributed by atoms with Gasteiger partial charge in [0, 0.05) is 31.4 Å². The zero-order valence-corrected chi connectivity index (χ0v) is 34.9. The highest BCUT2D eigenvalue weighted by atomic mass is 32.1.